The zero-order valence-electron chi connectivity index (χ0n) is 18.4. The van der Waals surface area contributed by atoms with Gasteiger partial charge in [0, 0.05) is 5.56 Å². The van der Waals surface area contributed by atoms with E-state index < -0.39 is 11.8 Å². The van der Waals surface area contributed by atoms with Crippen molar-refractivity contribution in [2.45, 2.75) is 13.8 Å². The van der Waals surface area contributed by atoms with Crippen LogP contribution < -0.4 is 15.6 Å². The Kier molecular flexibility index (Phi) is 6.50. The van der Waals surface area contributed by atoms with Crippen LogP contribution in [0.2, 0.25) is 0 Å². The Labute approximate surface area is 192 Å². The topological polar surface area (TPSA) is 85.3 Å². The van der Waals surface area contributed by atoms with Gasteiger partial charge in [0.25, 0.3) is 11.8 Å². The summed E-state index contributed by atoms with van der Waals surface area (Å²) in [5.74, 6) is -0.347. The van der Waals surface area contributed by atoms with E-state index in [1.807, 2.05) is 79.7 Å². The SMILES string of the molecule is Cc1cccc(-n2ncc(C(=O)NNC(=O)COc3ccccc3-c3ccccc3)c2C)c1. The fourth-order valence-electron chi connectivity index (χ4n) is 3.47. The van der Waals surface area contributed by atoms with E-state index in [-0.39, 0.29) is 6.61 Å². The van der Waals surface area contributed by atoms with Crippen molar-refractivity contribution >= 4 is 11.8 Å². The van der Waals surface area contributed by atoms with Crippen molar-refractivity contribution < 1.29 is 14.3 Å². The standard InChI is InChI=1S/C26H24N4O3/c1-18-9-8-12-21(15-18)30-19(2)23(16-27-30)26(32)29-28-25(31)17-33-24-14-7-6-13-22(24)20-10-4-3-5-11-20/h3-16H,17H2,1-2H3,(H,28,31)(H,29,32). The average molecular weight is 441 g/mol. The molecule has 0 spiro atoms. The fraction of sp³-hybridized carbons (Fsp3) is 0.115. The van der Waals surface area contributed by atoms with Gasteiger partial charge in [-0.1, -0.05) is 60.7 Å². The van der Waals surface area contributed by atoms with Crippen molar-refractivity contribution in [1.82, 2.24) is 20.6 Å². The molecule has 0 fully saturated rings. The maximum atomic E-state index is 12.6. The summed E-state index contributed by atoms with van der Waals surface area (Å²) in [6, 6.07) is 25.1. The third-order valence-corrected chi connectivity index (χ3v) is 5.15. The molecule has 0 atom stereocenters. The highest BCUT2D eigenvalue weighted by atomic mass is 16.5. The highest BCUT2D eigenvalue weighted by Gasteiger charge is 2.16. The minimum absolute atomic E-state index is 0.244. The maximum Gasteiger partial charge on any atom is 0.276 e. The highest BCUT2D eigenvalue weighted by molar-refractivity contribution is 5.96. The van der Waals surface area contributed by atoms with Crippen molar-refractivity contribution in [3.8, 4) is 22.6 Å². The quantitative estimate of drug-likeness (QED) is 0.444. The van der Waals surface area contributed by atoms with Crippen LogP contribution in [0.5, 0.6) is 5.75 Å². The molecule has 0 aliphatic heterocycles. The van der Waals surface area contributed by atoms with Crippen LogP contribution in [0.25, 0.3) is 16.8 Å². The number of para-hydroxylation sites is 1. The number of nitrogens with one attached hydrogen (secondary N) is 2. The Bertz CT molecular complexity index is 1280. The number of nitrogens with zero attached hydrogens (tertiary/aromatic N) is 2. The van der Waals surface area contributed by atoms with Gasteiger partial charge in [0.05, 0.1) is 23.1 Å². The first-order valence-electron chi connectivity index (χ1n) is 10.5. The van der Waals surface area contributed by atoms with E-state index in [9.17, 15) is 9.59 Å². The highest BCUT2D eigenvalue weighted by Crippen LogP contribution is 2.29. The number of ether oxygens (including phenoxy) is 1. The lowest BCUT2D eigenvalue weighted by atomic mass is 10.1. The number of amides is 2. The number of hydrogen-bond donors (Lipinski definition) is 2. The monoisotopic (exact) mass is 440 g/mol. The Hall–Kier alpha value is -4.39. The molecule has 33 heavy (non-hydrogen) atoms. The molecule has 3 aromatic carbocycles. The molecule has 1 heterocycles. The number of carbonyl (C=O) groups excluding carboxylic acids is 2. The number of hydrogen-bond acceptors (Lipinski definition) is 4. The number of hydrazine groups is 1. The largest absolute Gasteiger partial charge is 0.483 e. The van der Waals surface area contributed by atoms with Gasteiger partial charge in [-0.15, -0.1) is 0 Å². The molecule has 1 aromatic heterocycles. The van der Waals surface area contributed by atoms with Crippen LogP contribution in [-0.2, 0) is 4.79 Å². The van der Waals surface area contributed by atoms with Crippen molar-refractivity contribution in [2.24, 2.45) is 0 Å². The lowest BCUT2D eigenvalue weighted by Crippen LogP contribution is -2.44. The number of aryl methyl sites for hydroxylation is 1. The van der Waals surface area contributed by atoms with Crippen LogP contribution in [0.3, 0.4) is 0 Å². The predicted octanol–water partition coefficient (Wildman–Crippen LogP) is 4.00. The van der Waals surface area contributed by atoms with Gasteiger partial charge in [0.1, 0.15) is 5.75 Å². The van der Waals surface area contributed by atoms with Crippen LogP contribution in [0.1, 0.15) is 21.6 Å². The van der Waals surface area contributed by atoms with Gasteiger partial charge in [-0.05, 0) is 43.2 Å². The second-order valence-electron chi connectivity index (χ2n) is 7.55. The fourth-order valence-corrected chi connectivity index (χ4v) is 3.47. The molecule has 7 nitrogen and oxygen atoms in total. The third kappa shape index (κ3) is 5.10. The number of aromatic nitrogens is 2. The minimum Gasteiger partial charge on any atom is -0.483 e. The van der Waals surface area contributed by atoms with Crippen LogP contribution in [0, 0.1) is 13.8 Å². The van der Waals surface area contributed by atoms with Crippen LogP contribution >= 0.6 is 0 Å². The van der Waals surface area contributed by atoms with Crippen LogP contribution in [0.4, 0.5) is 0 Å². The lowest BCUT2D eigenvalue weighted by molar-refractivity contribution is -0.123. The van der Waals surface area contributed by atoms with Gasteiger partial charge in [-0.3, -0.25) is 20.4 Å². The van der Waals surface area contributed by atoms with Crippen molar-refractivity contribution in [3.05, 3.63) is 102 Å². The molecular weight excluding hydrogens is 416 g/mol. The predicted molar refractivity (Wildman–Crippen MR) is 126 cm³/mol. The van der Waals surface area contributed by atoms with E-state index in [1.165, 1.54) is 6.20 Å². The summed E-state index contributed by atoms with van der Waals surface area (Å²) in [6.07, 6.45) is 1.48. The van der Waals surface area contributed by atoms with Gasteiger partial charge in [-0.2, -0.15) is 5.10 Å². The van der Waals surface area contributed by atoms with Gasteiger partial charge in [0.2, 0.25) is 0 Å². The molecule has 4 rings (SSSR count). The van der Waals surface area contributed by atoms with Gasteiger partial charge < -0.3 is 4.74 Å². The molecule has 0 aliphatic rings. The van der Waals surface area contributed by atoms with Gasteiger partial charge in [-0.25, -0.2) is 4.68 Å². The van der Waals surface area contributed by atoms with Gasteiger partial charge in [0.15, 0.2) is 6.61 Å². The van der Waals surface area contributed by atoms with Crippen molar-refractivity contribution in [3.63, 3.8) is 0 Å². The molecule has 0 unspecified atom stereocenters. The van der Waals surface area contributed by atoms with E-state index in [1.54, 1.807) is 17.7 Å². The molecule has 0 saturated carbocycles. The van der Waals surface area contributed by atoms with Crippen molar-refractivity contribution in [1.29, 1.82) is 0 Å². The molecule has 166 valence electrons. The number of rotatable bonds is 6. The first-order valence-corrected chi connectivity index (χ1v) is 10.5. The van der Waals surface area contributed by atoms with Crippen LogP contribution in [-0.4, -0.2) is 28.2 Å². The van der Waals surface area contributed by atoms with Gasteiger partial charge >= 0.3 is 0 Å². The summed E-state index contributed by atoms with van der Waals surface area (Å²) in [6.45, 7) is 3.55. The summed E-state index contributed by atoms with van der Waals surface area (Å²) < 4.78 is 7.40. The Morgan fingerprint density at radius 3 is 2.45 bits per heavy atom. The summed E-state index contributed by atoms with van der Waals surface area (Å²) in [5, 5.41) is 4.31. The van der Waals surface area contributed by atoms with E-state index in [2.05, 4.69) is 16.0 Å². The second-order valence-corrected chi connectivity index (χ2v) is 7.55. The average Bonchev–Trinajstić information content (AvgIpc) is 3.23. The molecule has 0 aliphatic carbocycles. The summed E-state index contributed by atoms with van der Waals surface area (Å²) >= 11 is 0. The minimum atomic E-state index is -0.477. The molecule has 2 amide bonds. The smallest absolute Gasteiger partial charge is 0.276 e. The first-order chi connectivity index (χ1) is 16.0. The van der Waals surface area contributed by atoms with E-state index in [4.69, 9.17) is 4.74 Å². The zero-order valence-corrected chi connectivity index (χ0v) is 18.4. The molecule has 7 heteroatoms. The number of benzene rings is 3. The second kappa shape index (κ2) is 9.82. The van der Waals surface area contributed by atoms with E-state index in [0.717, 1.165) is 22.4 Å². The summed E-state index contributed by atoms with van der Waals surface area (Å²) in [4.78, 5) is 24.9. The maximum absolute atomic E-state index is 12.6. The molecule has 4 aromatic rings. The normalized spacial score (nSPS) is 10.5. The summed E-state index contributed by atoms with van der Waals surface area (Å²) in [5.41, 5.74) is 9.68. The molecule has 0 bridgehead atoms. The Balaban J connectivity index is 1.35. The molecule has 0 saturated heterocycles. The van der Waals surface area contributed by atoms with Crippen LogP contribution in [0.15, 0.2) is 85.1 Å². The molecule has 0 radical (unpaired) electrons. The third-order valence-electron chi connectivity index (χ3n) is 5.15. The number of carbonyl (C=O) groups is 2. The Morgan fingerprint density at radius 2 is 1.67 bits per heavy atom. The molecule has 2 N–H and O–H groups in total. The zero-order chi connectivity index (χ0) is 23.2. The first kappa shape index (κ1) is 21.8. The summed E-state index contributed by atoms with van der Waals surface area (Å²) in [7, 11) is 0. The van der Waals surface area contributed by atoms with Crippen molar-refractivity contribution in [2.75, 3.05) is 6.61 Å². The van der Waals surface area contributed by atoms with E-state index >= 15 is 0 Å². The lowest BCUT2D eigenvalue weighted by Gasteiger charge is -2.12. The molecular formula is C26H24N4O3. The Morgan fingerprint density at radius 1 is 0.909 bits per heavy atom. The van der Waals surface area contributed by atoms with E-state index in [0.29, 0.717) is 17.0 Å².